The Bertz CT molecular complexity index is 1550. The predicted octanol–water partition coefficient (Wildman–Crippen LogP) is 5.15. The zero-order chi connectivity index (χ0) is 33.1. The molecule has 0 bridgehead atoms. The fourth-order valence-corrected chi connectivity index (χ4v) is 6.16. The molecule has 2 aromatic carbocycles. The summed E-state index contributed by atoms with van der Waals surface area (Å²) in [7, 11) is 6.20. The van der Waals surface area contributed by atoms with Gasteiger partial charge in [0.1, 0.15) is 28.8 Å². The second-order valence-corrected chi connectivity index (χ2v) is 11.1. The summed E-state index contributed by atoms with van der Waals surface area (Å²) in [6, 6.07) is 10.8. The minimum Gasteiger partial charge on any atom is -0.497 e. The summed E-state index contributed by atoms with van der Waals surface area (Å²) in [5, 5.41) is 18.4. The number of rotatable bonds is 10. The topological polar surface area (TPSA) is 124 Å². The van der Waals surface area contributed by atoms with E-state index in [-0.39, 0.29) is 62.7 Å². The van der Waals surface area contributed by atoms with E-state index in [9.17, 15) is 18.6 Å². The average Bonchev–Trinajstić information content (AvgIpc) is 3.52. The highest BCUT2D eigenvalue weighted by Crippen LogP contribution is 2.48. The molecule has 1 saturated carbocycles. The molecule has 5 rings (SSSR count). The van der Waals surface area contributed by atoms with Gasteiger partial charge in [-0.3, -0.25) is 15.4 Å². The summed E-state index contributed by atoms with van der Waals surface area (Å²) >= 11 is 0. The summed E-state index contributed by atoms with van der Waals surface area (Å²) in [4.78, 5) is 6.35. The molecule has 1 aliphatic carbocycles. The second-order valence-electron chi connectivity index (χ2n) is 11.1. The van der Waals surface area contributed by atoms with Crippen LogP contribution in [-0.4, -0.2) is 69.0 Å². The number of nitrogens with one attached hydrogen (secondary N) is 2. The summed E-state index contributed by atoms with van der Waals surface area (Å²) in [5.41, 5.74) is 1.33. The number of halogens is 3. The Hall–Kier alpha value is -4.30. The molecule has 1 spiro atoms. The molecule has 2 N–H and O–H groups in total. The van der Waals surface area contributed by atoms with E-state index in [1.165, 1.54) is 17.0 Å². The maximum absolute atomic E-state index is 13.9. The Morgan fingerprint density at radius 1 is 0.957 bits per heavy atom. The lowest BCUT2D eigenvalue weighted by molar-refractivity contribution is -0.240. The molecule has 1 saturated heterocycles. The highest BCUT2D eigenvalue weighted by atomic mass is 19.4. The molecule has 46 heavy (non-hydrogen) atoms. The van der Waals surface area contributed by atoms with Gasteiger partial charge in [0.15, 0.2) is 17.1 Å². The molecule has 2 heterocycles. The minimum atomic E-state index is -4.43. The number of hydrogen-bond donors (Lipinski definition) is 2. The number of methoxy groups -OCH3 is 4. The molecular weight excluding hydrogens is 607 g/mol. The Labute approximate surface area is 264 Å². The Morgan fingerprint density at radius 3 is 2.02 bits per heavy atom. The van der Waals surface area contributed by atoms with Crippen molar-refractivity contribution >= 4 is 11.7 Å². The quantitative estimate of drug-likeness (QED) is 0.229. The van der Waals surface area contributed by atoms with Gasteiger partial charge in [-0.15, -0.1) is 0 Å². The van der Waals surface area contributed by atoms with E-state index in [4.69, 9.17) is 33.8 Å². The number of ether oxygens (including phenoxy) is 6. The summed E-state index contributed by atoms with van der Waals surface area (Å²) in [5.74, 6) is -1.77. The number of anilines is 1. The molecule has 11 nitrogen and oxygen atoms in total. The fourth-order valence-electron chi connectivity index (χ4n) is 6.16. The van der Waals surface area contributed by atoms with Gasteiger partial charge in [-0.25, -0.2) is 4.98 Å². The third kappa shape index (κ3) is 6.63. The Kier molecular flexibility index (Phi) is 9.77. The van der Waals surface area contributed by atoms with Crippen molar-refractivity contribution in [1.82, 2.24) is 9.55 Å². The molecule has 2 atom stereocenters. The van der Waals surface area contributed by atoms with Gasteiger partial charge in [0.25, 0.3) is 0 Å². The monoisotopic (exact) mass is 645 g/mol. The number of aromatic nitrogens is 2. The van der Waals surface area contributed by atoms with E-state index >= 15 is 0 Å². The third-order valence-corrected chi connectivity index (χ3v) is 8.60. The van der Waals surface area contributed by atoms with Crippen LogP contribution in [0.4, 0.5) is 19.0 Å². The maximum Gasteiger partial charge on any atom is 0.391 e. The Morgan fingerprint density at radius 2 is 1.52 bits per heavy atom. The van der Waals surface area contributed by atoms with Gasteiger partial charge in [0.2, 0.25) is 0 Å². The second kappa shape index (κ2) is 13.6. The van der Waals surface area contributed by atoms with E-state index in [2.05, 4.69) is 4.98 Å². The number of alkyl halides is 3. The zero-order valence-corrected chi connectivity index (χ0v) is 26.1. The van der Waals surface area contributed by atoms with Crippen LogP contribution in [0.1, 0.15) is 30.4 Å². The molecule has 2 unspecified atom stereocenters. The van der Waals surface area contributed by atoms with Crippen LogP contribution in [0.2, 0.25) is 0 Å². The zero-order valence-electron chi connectivity index (χ0n) is 26.1. The van der Waals surface area contributed by atoms with Crippen LogP contribution in [0.3, 0.4) is 0 Å². The normalized spacial score (nSPS) is 19.1. The van der Waals surface area contributed by atoms with E-state index in [1.807, 2.05) is 17.0 Å². The van der Waals surface area contributed by atoms with E-state index in [0.29, 0.717) is 23.0 Å². The molecule has 0 amide bonds. The van der Waals surface area contributed by atoms with Gasteiger partial charge in [-0.05, 0) is 37.1 Å². The SMILES string of the molecule is COc1ccc(CN(Cc2ccc(OC)cc2OC)c2nccn(C(=N)C3CC(C(F)(F)F)CCC34OCCO4)c2=N)c(OC)c1. The lowest BCUT2D eigenvalue weighted by atomic mass is 9.75. The van der Waals surface area contributed by atoms with Crippen LogP contribution in [0.15, 0.2) is 48.8 Å². The van der Waals surface area contributed by atoms with Crippen molar-refractivity contribution in [2.75, 3.05) is 46.6 Å². The third-order valence-electron chi connectivity index (χ3n) is 8.60. The van der Waals surface area contributed by atoms with E-state index in [1.54, 1.807) is 52.7 Å². The molecular formula is C32H38F3N5O6. The molecule has 3 aromatic rings. The van der Waals surface area contributed by atoms with Crippen LogP contribution in [-0.2, 0) is 22.6 Å². The smallest absolute Gasteiger partial charge is 0.391 e. The number of nitrogens with zero attached hydrogens (tertiary/aromatic N) is 3. The van der Waals surface area contributed by atoms with Crippen LogP contribution in [0.25, 0.3) is 0 Å². The van der Waals surface area contributed by atoms with Crippen LogP contribution in [0, 0.1) is 22.7 Å². The predicted molar refractivity (Wildman–Crippen MR) is 162 cm³/mol. The van der Waals surface area contributed by atoms with Gasteiger partial charge >= 0.3 is 6.18 Å². The first kappa shape index (κ1) is 33.1. The molecule has 248 valence electrons. The standard InChI is InChI=1S/C32H38F3N5O6/c1-41-23-7-5-20(26(16-23)43-3)18-39(19-21-6-8-24(42-2)17-27(21)44-4)30-29(37)40(12-11-38-30)28(36)25-15-22(32(33,34)35)9-10-31(25)45-13-14-46-31/h5-8,11-12,16-17,22,25,36-37H,9-10,13-15,18-19H2,1-4H3. The molecule has 2 fully saturated rings. The fraction of sp³-hybridized carbons (Fsp3) is 0.469. The highest BCUT2D eigenvalue weighted by molar-refractivity contribution is 5.85. The van der Waals surface area contributed by atoms with Crippen molar-refractivity contribution in [3.05, 3.63) is 65.4 Å². The molecule has 14 heteroatoms. The molecule has 1 aromatic heterocycles. The van der Waals surface area contributed by atoms with Crippen molar-refractivity contribution in [2.45, 2.75) is 44.3 Å². The molecule has 0 radical (unpaired) electrons. The van der Waals surface area contributed by atoms with Crippen molar-refractivity contribution in [3.8, 4) is 23.0 Å². The highest BCUT2D eigenvalue weighted by Gasteiger charge is 2.55. The lowest BCUT2D eigenvalue weighted by Crippen LogP contribution is -2.52. The molecule has 2 aliphatic rings. The van der Waals surface area contributed by atoms with Gasteiger partial charge in [0, 0.05) is 55.2 Å². The minimum absolute atomic E-state index is 0.00326. The van der Waals surface area contributed by atoms with E-state index < -0.39 is 23.8 Å². The first-order valence-corrected chi connectivity index (χ1v) is 14.8. The largest absolute Gasteiger partial charge is 0.497 e. The number of hydrogen-bond acceptors (Lipinski definition) is 10. The average molecular weight is 646 g/mol. The van der Waals surface area contributed by atoms with Crippen LogP contribution in [0.5, 0.6) is 23.0 Å². The van der Waals surface area contributed by atoms with Gasteiger partial charge in [-0.1, -0.05) is 0 Å². The lowest BCUT2D eigenvalue weighted by Gasteiger charge is -2.43. The number of benzene rings is 2. The molecule has 1 aliphatic heterocycles. The van der Waals surface area contributed by atoms with Crippen LogP contribution >= 0.6 is 0 Å². The summed E-state index contributed by atoms with van der Waals surface area (Å²) < 4.78 is 76.7. The van der Waals surface area contributed by atoms with E-state index in [0.717, 1.165) is 11.1 Å². The summed E-state index contributed by atoms with van der Waals surface area (Å²) in [6.07, 6.45) is -2.14. The van der Waals surface area contributed by atoms with Gasteiger partial charge in [0.05, 0.1) is 53.5 Å². The summed E-state index contributed by atoms with van der Waals surface area (Å²) in [6.45, 7) is 0.881. The first-order chi connectivity index (χ1) is 22.0. The van der Waals surface area contributed by atoms with Crippen LogP contribution < -0.4 is 29.3 Å². The van der Waals surface area contributed by atoms with Crippen molar-refractivity contribution in [2.24, 2.45) is 11.8 Å². The van der Waals surface area contributed by atoms with Gasteiger partial charge < -0.3 is 33.3 Å². The Balaban J connectivity index is 1.57. The van der Waals surface area contributed by atoms with Crippen molar-refractivity contribution in [1.29, 1.82) is 10.8 Å². The first-order valence-electron chi connectivity index (χ1n) is 14.8. The van der Waals surface area contributed by atoms with Gasteiger partial charge in [-0.2, -0.15) is 13.2 Å². The van der Waals surface area contributed by atoms with Crippen molar-refractivity contribution in [3.63, 3.8) is 0 Å². The maximum atomic E-state index is 13.9. The van der Waals surface area contributed by atoms with Crippen molar-refractivity contribution < 1.29 is 41.6 Å².